The molecule has 0 bridgehead atoms. The van der Waals surface area contributed by atoms with E-state index in [0.717, 1.165) is 17.7 Å². The van der Waals surface area contributed by atoms with E-state index in [9.17, 15) is 9.90 Å². The van der Waals surface area contributed by atoms with Crippen LogP contribution in [0.5, 0.6) is 0 Å². The summed E-state index contributed by atoms with van der Waals surface area (Å²) in [6.07, 6.45) is 5.68. The third-order valence-electron chi connectivity index (χ3n) is 3.48. The largest absolute Gasteiger partial charge is 0.465 e. The van der Waals surface area contributed by atoms with Crippen molar-refractivity contribution in [3.63, 3.8) is 0 Å². The Morgan fingerprint density at radius 2 is 1.82 bits per heavy atom. The number of esters is 1. The van der Waals surface area contributed by atoms with Crippen molar-refractivity contribution in [1.29, 1.82) is 0 Å². The Labute approximate surface area is 138 Å². The molecule has 22 heavy (non-hydrogen) atoms. The average Bonchev–Trinajstić information content (AvgIpc) is 2.53. The van der Waals surface area contributed by atoms with Crippen molar-refractivity contribution in [3.8, 4) is 0 Å². The van der Waals surface area contributed by atoms with E-state index in [0.29, 0.717) is 13.0 Å². The Bertz CT molecular complexity index is 408. The van der Waals surface area contributed by atoms with E-state index in [2.05, 4.69) is 6.92 Å². The van der Waals surface area contributed by atoms with Crippen LogP contribution in [0.4, 0.5) is 0 Å². The summed E-state index contributed by atoms with van der Waals surface area (Å²) < 4.78 is 5.12. The van der Waals surface area contributed by atoms with Gasteiger partial charge in [0.15, 0.2) is 0 Å². The zero-order chi connectivity index (χ0) is 16.2. The van der Waals surface area contributed by atoms with Gasteiger partial charge in [0.25, 0.3) is 0 Å². The van der Waals surface area contributed by atoms with Gasteiger partial charge in [0, 0.05) is 4.90 Å². The van der Waals surface area contributed by atoms with E-state index in [1.165, 1.54) is 31.0 Å². The van der Waals surface area contributed by atoms with Crippen LogP contribution in [0.15, 0.2) is 35.2 Å². The van der Waals surface area contributed by atoms with Gasteiger partial charge in [-0.2, -0.15) is 0 Å². The quantitative estimate of drug-likeness (QED) is 0.371. The standard InChI is InChI=1S/C18H28O3S/c1-3-5-6-7-11-14-16(19)17(18(20)21-4-2)22-15-12-9-8-10-13-15/h8-10,12-13,16-17,19H,3-7,11,14H2,1-2H3/t16-,17-/m0/s1. The first kappa shape index (κ1) is 19.0. The minimum absolute atomic E-state index is 0.322. The minimum atomic E-state index is -0.661. The van der Waals surface area contributed by atoms with E-state index in [4.69, 9.17) is 4.74 Å². The number of ether oxygens (including phenoxy) is 1. The Balaban J connectivity index is 2.55. The molecule has 1 aromatic carbocycles. The lowest BCUT2D eigenvalue weighted by Gasteiger charge is -2.21. The van der Waals surface area contributed by atoms with Crippen molar-refractivity contribution in [2.45, 2.75) is 68.6 Å². The lowest BCUT2D eigenvalue weighted by atomic mass is 10.1. The van der Waals surface area contributed by atoms with E-state index < -0.39 is 11.4 Å². The van der Waals surface area contributed by atoms with Crippen molar-refractivity contribution in [2.75, 3.05) is 6.61 Å². The number of hydrogen-bond acceptors (Lipinski definition) is 4. The first-order valence-corrected chi connectivity index (χ1v) is 9.13. The molecule has 1 rings (SSSR count). The molecule has 0 amide bonds. The fourth-order valence-corrected chi connectivity index (χ4v) is 3.33. The van der Waals surface area contributed by atoms with Gasteiger partial charge >= 0.3 is 5.97 Å². The summed E-state index contributed by atoms with van der Waals surface area (Å²) in [5.74, 6) is -0.322. The van der Waals surface area contributed by atoms with Crippen molar-refractivity contribution < 1.29 is 14.6 Å². The van der Waals surface area contributed by atoms with Crippen molar-refractivity contribution in [3.05, 3.63) is 30.3 Å². The highest BCUT2D eigenvalue weighted by Gasteiger charge is 2.28. The van der Waals surface area contributed by atoms with Gasteiger partial charge in [-0.15, -0.1) is 11.8 Å². The van der Waals surface area contributed by atoms with Crippen LogP contribution < -0.4 is 0 Å². The molecule has 0 aliphatic rings. The zero-order valence-electron chi connectivity index (χ0n) is 13.7. The van der Waals surface area contributed by atoms with Gasteiger partial charge in [-0.05, 0) is 25.5 Å². The van der Waals surface area contributed by atoms with Crippen molar-refractivity contribution in [1.82, 2.24) is 0 Å². The van der Waals surface area contributed by atoms with Crippen LogP contribution >= 0.6 is 11.8 Å². The second-order valence-electron chi connectivity index (χ2n) is 5.37. The topological polar surface area (TPSA) is 46.5 Å². The molecular formula is C18H28O3S. The molecule has 1 N–H and O–H groups in total. The Kier molecular flexibility index (Phi) is 10.0. The molecule has 3 nitrogen and oxygen atoms in total. The number of rotatable bonds is 11. The number of unbranched alkanes of at least 4 members (excludes halogenated alkanes) is 4. The van der Waals surface area contributed by atoms with Crippen LogP contribution in [0.25, 0.3) is 0 Å². The normalized spacial score (nSPS) is 13.6. The van der Waals surface area contributed by atoms with E-state index in [1.54, 1.807) is 6.92 Å². The van der Waals surface area contributed by atoms with Crippen LogP contribution in [0, 0.1) is 0 Å². The zero-order valence-corrected chi connectivity index (χ0v) is 14.5. The molecule has 4 heteroatoms. The Morgan fingerprint density at radius 3 is 2.45 bits per heavy atom. The summed E-state index contributed by atoms with van der Waals surface area (Å²) in [7, 11) is 0. The van der Waals surface area contributed by atoms with Gasteiger partial charge in [0.2, 0.25) is 0 Å². The van der Waals surface area contributed by atoms with Crippen molar-refractivity contribution >= 4 is 17.7 Å². The maximum atomic E-state index is 12.1. The Morgan fingerprint density at radius 1 is 1.14 bits per heavy atom. The predicted molar refractivity (Wildman–Crippen MR) is 92.1 cm³/mol. The molecule has 0 unspecified atom stereocenters. The second kappa shape index (κ2) is 11.6. The number of benzene rings is 1. The summed E-state index contributed by atoms with van der Waals surface area (Å²) in [6, 6.07) is 9.70. The van der Waals surface area contributed by atoms with Crippen LogP contribution in [-0.2, 0) is 9.53 Å². The van der Waals surface area contributed by atoms with Gasteiger partial charge < -0.3 is 9.84 Å². The third kappa shape index (κ3) is 7.32. The maximum absolute atomic E-state index is 12.1. The molecule has 0 aliphatic heterocycles. The molecule has 0 aliphatic carbocycles. The molecule has 0 saturated carbocycles. The molecular weight excluding hydrogens is 296 g/mol. The van der Waals surface area contributed by atoms with Crippen LogP contribution in [0.3, 0.4) is 0 Å². The lowest BCUT2D eigenvalue weighted by molar-refractivity contribution is -0.144. The molecule has 124 valence electrons. The monoisotopic (exact) mass is 324 g/mol. The number of carbonyl (C=O) groups excluding carboxylic acids is 1. The van der Waals surface area contributed by atoms with Gasteiger partial charge in [-0.1, -0.05) is 57.2 Å². The van der Waals surface area contributed by atoms with Crippen LogP contribution in [0.1, 0.15) is 52.4 Å². The molecule has 0 spiro atoms. The highest BCUT2D eigenvalue weighted by Crippen LogP contribution is 2.28. The summed E-state index contributed by atoms with van der Waals surface area (Å²) in [5.41, 5.74) is 0. The minimum Gasteiger partial charge on any atom is -0.465 e. The van der Waals surface area contributed by atoms with E-state index in [1.807, 2.05) is 30.3 Å². The van der Waals surface area contributed by atoms with Gasteiger partial charge in [0.05, 0.1) is 12.7 Å². The number of thioether (sulfide) groups is 1. The number of aliphatic hydroxyl groups excluding tert-OH is 1. The highest BCUT2D eigenvalue weighted by atomic mass is 32.2. The molecule has 0 fully saturated rings. The summed E-state index contributed by atoms with van der Waals surface area (Å²) in [5, 5.41) is 9.85. The fourth-order valence-electron chi connectivity index (χ4n) is 2.26. The van der Waals surface area contributed by atoms with E-state index in [-0.39, 0.29) is 5.97 Å². The van der Waals surface area contributed by atoms with Crippen molar-refractivity contribution in [2.24, 2.45) is 0 Å². The van der Waals surface area contributed by atoms with Gasteiger partial charge in [-0.3, -0.25) is 4.79 Å². The van der Waals surface area contributed by atoms with Gasteiger partial charge in [0.1, 0.15) is 5.25 Å². The summed E-state index contributed by atoms with van der Waals surface area (Å²) >= 11 is 1.39. The fraction of sp³-hybridized carbons (Fsp3) is 0.611. The van der Waals surface area contributed by atoms with Gasteiger partial charge in [-0.25, -0.2) is 0 Å². The molecule has 0 aromatic heterocycles. The SMILES string of the molecule is CCCCCCC[C@H](O)[C@H](Sc1ccccc1)C(=O)OCC. The van der Waals surface area contributed by atoms with E-state index >= 15 is 0 Å². The first-order chi connectivity index (χ1) is 10.7. The molecule has 1 aromatic rings. The molecule has 0 heterocycles. The molecule has 0 saturated heterocycles. The van der Waals surface area contributed by atoms with Crippen LogP contribution in [0.2, 0.25) is 0 Å². The second-order valence-corrected chi connectivity index (χ2v) is 6.59. The highest BCUT2D eigenvalue weighted by molar-refractivity contribution is 8.00. The first-order valence-electron chi connectivity index (χ1n) is 8.25. The molecule has 0 radical (unpaired) electrons. The Hall–Kier alpha value is -1.00. The lowest BCUT2D eigenvalue weighted by Crippen LogP contribution is -2.32. The maximum Gasteiger partial charge on any atom is 0.322 e. The number of aliphatic hydroxyl groups is 1. The number of hydrogen-bond donors (Lipinski definition) is 1. The summed E-state index contributed by atoms with van der Waals surface area (Å²) in [4.78, 5) is 13.1. The van der Waals surface area contributed by atoms with Crippen LogP contribution in [-0.4, -0.2) is 29.0 Å². The smallest absolute Gasteiger partial charge is 0.322 e. The third-order valence-corrected chi connectivity index (χ3v) is 4.78. The average molecular weight is 324 g/mol. The number of carbonyl (C=O) groups is 1. The predicted octanol–water partition coefficient (Wildman–Crippen LogP) is 4.43. The molecule has 2 atom stereocenters. The summed E-state index contributed by atoms with van der Waals surface area (Å²) in [6.45, 7) is 4.31.